The van der Waals surface area contributed by atoms with Gasteiger partial charge in [0.05, 0.1) is 12.2 Å². The number of hydrogen-bond donors (Lipinski definition) is 2. The molecule has 0 unspecified atom stereocenters. The Labute approximate surface area is 187 Å². The van der Waals surface area contributed by atoms with Crippen LogP contribution in [0.3, 0.4) is 0 Å². The summed E-state index contributed by atoms with van der Waals surface area (Å²) in [6.45, 7) is 4.36. The predicted molar refractivity (Wildman–Crippen MR) is 128 cm³/mol. The van der Waals surface area contributed by atoms with Gasteiger partial charge in [0.1, 0.15) is 0 Å². The molecule has 1 amide bonds. The molecule has 1 aromatic rings. The Balaban J connectivity index is 2.09. The largest absolute Gasteiger partial charge is 0.462 e. The Morgan fingerprint density at radius 3 is 1.90 bits per heavy atom. The zero-order chi connectivity index (χ0) is 22.0. The van der Waals surface area contributed by atoms with E-state index in [-0.39, 0.29) is 17.0 Å². The summed E-state index contributed by atoms with van der Waals surface area (Å²) in [4.78, 5) is 23.7. The highest BCUT2D eigenvalue weighted by Crippen LogP contribution is 2.12. The standard InChI is InChI=1S/C24H38N2O3S/c1-3-5-6-7-8-9-10-11-12-13-14-15-22(27)26-24(30)25-21-18-16-20(17-19-21)23(28)29-4-2/h16-19H,3-15H2,1-2H3,(H2,25,26,27,30). The third kappa shape index (κ3) is 12.6. The molecular formula is C24H38N2O3S. The fourth-order valence-electron chi connectivity index (χ4n) is 3.21. The average molecular weight is 435 g/mol. The van der Waals surface area contributed by atoms with Crippen LogP contribution in [0.5, 0.6) is 0 Å². The first-order chi connectivity index (χ1) is 14.6. The number of unbranched alkanes of at least 4 members (excludes halogenated alkanes) is 10. The zero-order valence-corrected chi connectivity index (χ0v) is 19.5. The van der Waals surface area contributed by atoms with E-state index in [0.717, 1.165) is 12.8 Å². The van der Waals surface area contributed by atoms with Crippen LogP contribution in [0.4, 0.5) is 5.69 Å². The number of nitrogens with one attached hydrogen (secondary N) is 2. The number of hydrogen-bond acceptors (Lipinski definition) is 4. The summed E-state index contributed by atoms with van der Waals surface area (Å²) in [6.07, 6.45) is 14.3. The molecule has 0 aliphatic rings. The minimum atomic E-state index is -0.355. The summed E-state index contributed by atoms with van der Waals surface area (Å²) in [5.74, 6) is -0.418. The highest BCUT2D eigenvalue weighted by molar-refractivity contribution is 7.80. The lowest BCUT2D eigenvalue weighted by atomic mass is 10.1. The number of benzene rings is 1. The van der Waals surface area contributed by atoms with E-state index in [1.165, 1.54) is 57.8 Å². The van der Waals surface area contributed by atoms with Gasteiger partial charge in [-0.2, -0.15) is 0 Å². The second-order valence-corrected chi connectivity index (χ2v) is 7.99. The van der Waals surface area contributed by atoms with E-state index in [2.05, 4.69) is 17.6 Å². The van der Waals surface area contributed by atoms with Crippen LogP contribution in [0, 0.1) is 0 Å². The topological polar surface area (TPSA) is 67.4 Å². The van der Waals surface area contributed by atoms with Crippen molar-refractivity contribution >= 4 is 34.9 Å². The minimum Gasteiger partial charge on any atom is -0.462 e. The summed E-state index contributed by atoms with van der Waals surface area (Å²) in [7, 11) is 0. The third-order valence-corrected chi connectivity index (χ3v) is 5.12. The van der Waals surface area contributed by atoms with Crippen LogP contribution >= 0.6 is 12.2 Å². The fourth-order valence-corrected chi connectivity index (χ4v) is 3.44. The summed E-state index contributed by atoms with van der Waals surface area (Å²) in [6, 6.07) is 6.79. The van der Waals surface area contributed by atoms with Crippen molar-refractivity contribution in [3.63, 3.8) is 0 Å². The SMILES string of the molecule is CCCCCCCCCCCCCC(=O)NC(=S)Nc1ccc(C(=O)OCC)cc1. The molecule has 0 saturated heterocycles. The average Bonchev–Trinajstić information content (AvgIpc) is 2.72. The van der Waals surface area contributed by atoms with Crippen LogP contribution in [0.1, 0.15) is 101 Å². The maximum Gasteiger partial charge on any atom is 0.338 e. The van der Waals surface area contributed by atoms with Gasteiger partial charge < -0.3 is 15.4 Å². The minimum absolute atomic E-state index is 0.0634. The number of thiocarbonyl (C=S) groups is 1. The molecule has 30 heavy (non-hydrogen) atoms. The second kappa shape index (κ2) is 16.8. The molecule has 5 nitrogen and oxygen atoms in total. The van der Waals surface area contributed by atoms with E-state index in [1.54, 1.807) is 31.2 Å². The molecule has 0 saturated carbocycles. The van der Waals surface area contributed by atoms with Gasteiger partial charge in [-0.15, -0.1) is 0 Å². The van der Waals surface area contributed by atoms with Crippen molar-refractivity contribution in [1.82, 2.24) is 5.32 Å². The number of carbonyl (C=O) groups is 2. The molecule has 0 atom stereocenters. The lowest BCUT2D eigenvalue weighted by molar-refractivity contribution is -0.119. The molecule has 0 heterocycles. The van der Waals surface area contributed by atoms with Crippen LogP contribution < -0.4 is 10.6 Å². The van der Waals surface area contributed by atoms with E-state index in [4.69, 9.17) is 17.0 Å². The van der Waals surface area contributed by atoms with Crippen LogP contribution in [0.15, 0.2) is 24.3 Å². The predicted octanol–water partition coefficient (Wildman–Crippen LogP) is 6.38. The van der Waals surface area contributed by atoms with Crippen molar-refractivity contribution in [3.8, 4) is 0 Å². The lowest BCUT2D eigenvalue weighted by Crippen LogP contribution is -2.33. The first-order valence-corrected chi connectivity index (χ1v) is 11.9. The summed E-state index contributed by atoms with van der Waals surface area (Å²) in [5, 5.41) is 5.94. The summed E-state index contributed by atoms with van der Waals surface area (Å²) in [5.41, 5.74) is 1.19. The van der Waals surface area contributed by atoms with Crippen molar-refractivity contribution in [2.24, 2.45) is 0 Å². The molecule has 1 aromatic carbocycles. The Bertz CT molecular complexity index is 632. The highest BCUT2D eigenvalue weighted by Gasteiger charge is 2.08. The molecule has 2 N–H and O–H groups in total. The maximum atomic E-state index is 12.0. The van der Waals surface area contributed by atoms with Crippen LogP contribution in [0.25, 0.3) is 0 Å². The fraction of sp³-hybridized carbons (Fsp3) is 0.625. The van der Waals surface area contributed by atoms with Gasteiger partial charge in [-0.05, 0) is 49.8 Å². The van der Waals surface area contributed by atoms with Gasteiger partial charge in [0.15, 0.2) is 5.11 Å². The molecule has 1 rings (SSSR count). The molecule has 0 bridgehead atoms. The number of esters is 1. The zero-order valence-electron chi connectivity index (χ0n) is 18.6. The Kier molecular flexibility index (Phi) is 14.6. The first-order valence-electron chi connectivity index (χ1n) is 11.4. The number of amides is 1. The molecule has 168 valence electrons. The van der Waals surface area contributed by atoms with Crippen molar-refractivity contribution in [1.29, 1.82) is 0 Å². The van der Waals surface area contributed by atoms with Crippen molar-refractivity contribution in [2.75, 3.05) is 11.9 Å². The number of carbonyl (C=O) groups excluding carboxylic acids is 2. The Morgan fingerprint density at radius 2 is 1.37 bits per heavy atom. The molecule has 0 aliphatic heterocycles. The van der Waals surface area contributed by atoms with Crippen LogP contribution in [-0.2, 0) is 9.53 Å². The number of anilines is 1. The number of rotatable bonds is 15. The molecule has 0 radical (unpaired) electrons. The van der Waals surface area contributed by atoms with Crippen LogP contribution in [0.2, 0.25) is 0 Å². The van der Waals surface area contributed by atoms with Crippen molar-refractivity contribution < 1.29 is 14.3 Å². The molecule has 0 spiro atoms. The van der Waals surface area contributed by atoms with E-state index < -0.39 is 0 Å². The van der Waals surface area contributed by atoms with E-state index in [0.29, 0.717) is 24.3 Å². The van der Waals surface area contributed by atoms with Gasteiger partial charge in [-0.1, -0.05) is 71.1 Å². The molecule has 0 fully saturated rings. The molecule has 6 heteroatoms. The molecule has 0 aliphatic carbocycles. The lowest BCUT2D eigenvalue weighted by Gasteiger charge is -2.10. The van der Waals surface area contributed by atoms with Crippen molar-refractivity contribution in [2.45, 2.75) is 90.9 Å². The highest BCUT2D eigenvalue weighted by atomic mass is 32.1. The van der Waals surface area contributed by atoms with Crippen LogP contribution in [-0.4, -0.2) is 23.6 Å². The summed E-state index contributed by atoms with van der Waals surface area (Å²) >= 11 is 5.19. The van der Waals surface area contributed by atoms with Gasteiger partial charge >= 0.3 is 5.97 Å². The normalized spacial score (nSPS) is 10.5. The van der Waals surface area contributed by atoms with Crippen molar-refractivity contribution in [3.05, 3.63) is 29.8 Å². The monoisotopic (exact) mass is 434 g/mol. The van der Waals surface area contributed by atoms with Gasteiger partial charge in [-0.25, -0.2) is 4.79 Å². The van der Waals surface area contributed by atoms with Gasteiger partial charge in [-0.3, -0.25) is 4.79 Å². The van der Waals surface area contributed by atoms with Gasteiger partial charge in [0.25, 0.3) is 0 Å². The van der Waals surface area contributed by atoms with E-state index in [1.807, 2.05) is 0 Å². The summed E-state index contributed by atoms with van der Waals surface area (Å²) < 4.78 is 4.95. The van der Waals surface area contributed by atoms with E-state index >= 15 is 0 Å². The Hall–Kier alpha value is -1.95. The van der Waals surface area contributed by atoms with E-state index in [9.17, 15) is 9.59 Å². The quantitative estimate of drug-likeness (QED) is 0.190. The maximum absolute atomic E-state index is 12.0. The van der Waals surface area contributed by atoms with Gasteiger partial charge in [0.2, 0.25) is 5.91 Å². The molecular weight excluding hydrogens is 396 g/mol. The second-order valence-electron chi connectivity index (χ2n) is 7.59. The molecule has 0 aromatic heterocycles. The Morgan fingerprint density at radius 1 is 0.833 bits per heavy atom. The third-order valence-electron chi connectivity index (χ3n) is 4.91. The smallest absolute Gasteiger partial charge is 0.338 e. The number of ether oxygens (including phenoxy) is 1. The first kappa shape index (κ1) is 26.1. The van der Waals surface area contributed by atoms with Gasteiger partial charge in [0, 0.05) is 12.1 Å².